The summed E-state index contributed by atoms with van der Waals surface area (Å²) in [5.41, 5.74) is -0.339. The molecule has 0 unspecified atom stereocenters. The number of phenols is 1. The third-order valence-electron chi connectivity index (χ3n) is 4.96. The number of aromatic carboxylic acids is 1. The summed E-state index contributed by atoms with van der Waals surface area (Å²) in [6.45, 7) is 4.60. The molecule has 188 valence electrons. The number of benzene rings is 2. The molecule has 0 fully saturated rings. The number of amides is 1. The van der Waals surface area contributed by atoms with Crippen LogP contribution in [0.25, 0.3) is 6.08 Å². The number of allylic oxidation sites excluding steroid dienone is 1. The van der Waals surface area contributed by atoms with Gasteiger partial charge in [0.2, 0.25) is 0 Å². The van der Waals surface area contributed by atoms with Crippen LogP contribution in [0.5, 0.6) is 5.75 Å². The monoisotopic (exact) mass is 490 g/mol. The third-order valence-corrected chi connectivity index (χ3v) is 4.96. The Balaban J connectivity index is 2.41. The van der Waals surface area contributed by atoms with Crippen LogP contribution in [0, 0.1) is 11.6 Å². The molecule has 0 atom stereocenters. The molecular weight excluding hydrogens is 462 g/mol. The van der Waals surface area contributed by atoms with Crippen molar-refractivity contribution in [1.82, 2.24) is 4.90 Å². The van der Waals surface area contributed by atoms with E-state index < -0.39 is 34.9 Å². The normalized spacial score (nSPS) is 11.4. The fourth-order valence-electron chi connectivity index (χ4n) is 3.36. The summed E-state index contributed by atoms with van der Waals surface area (Å²) in [4.78, 5) is 36.0. The predicted octanol–water partition coefficient (Wildman–Crippen LogP) is 4.60. The molecule has 0 heterocycles. The lowest BCUT2D eigenvalue weighted by Crippen LogP contribution is -2.38. The zero-order chi connectivity index (χ0) is 26.3. The zero-order valence-corrected chi connectivity index (χ0v) is 19.9. The Labute approximate surface area is 201 Å². The van der Waals surface area contributed by atoms with Gasteiger partial charge in [0.05, 0.1) is 17.8 Å². The Morgan fingerprint density at radius 2 is 1.77 bits per heavy atom. The number of carboxylic acids is 1. The fourth-order valence-corrected chi connectivity index (χ4v) is 3.36. The number of anilines is 1. The van der Waals surface area contributed by atoms with Crippen molar-refractivity contribution in [2.75, 3.05) is 18.9 Å². The molecule has 3 N–H and O–H groups in total. The first-order chi connectivity index (χ1) is 16.4. The summed E-state index contributed by atoms with van der Waals surface area (Å²) in [7, 11) is 1.60. The van der Waals surface area contributed by atoms with Crippen LogP contribution in [-0.4, -0.2) is 52.7 Å². The SMILES string of the molecule is CNc1c(O)ccc(CCN(Cc2ccc(C(=O)O)c(F)c2F)C(=O)OC(C)(C)C)c1/C=C\C=O. The topological polar surface area (TPSA) is 116 Å². The Morgan fingerprint density at radius 1 is 1.11 bits per heavy atom. The predicted molar refractivity (Wildman–Crippen MR) is 126 cm³/mol. The lowest BCUT2D eigenvalue weighted by atomic mass is 10.0. The number of nitrogens with zero attached hydrogens (tertiary/aromatic N) is 1. The minimum atomic E-state index is -1.61. The molecule has 0 spiro atoms. The van der Waals surface area contributed by atoms with Crippen molar-refractivity contribution in [3.05, 3.63) is 64.2 Å². The molecule has 0 aliphatic carbocycles. The highest BCUT2D eigenvalue weighted by Gasteiger charge is 2.25. The molecule has 10 heteroatoms. The Morgan fingerprint density at radius 3 is 2.34 bits per heavy atom. The van der Waals surface area contributed by atoms with Gasteiger partial charge in [0.25, 0.3) is 0 Å². The summed E-state index contributed by atoms with van der Waals surface area (Å²) >= 11 is 0. The molecule has 0 aliphatic rings. The van der Waals surface area contributed by atoms with Gasteiger partial charge in [-0.05, 0) is 57.0 Å². The van der Waals surface area contributed by atoms with E-state index in [-0.39, 0.29) is 30.8 Å². The van der Waals surface area contributed by atoms with E-state index in [2.05, 4.69) is 5.32 Å². The number of aromatic hydroxyl groups is 1. The highest BCUT2D eigenvalue weighted by molar-refractivity contribution is 5.88. The number of carbonyl (C=O) groups excluding carboxylic acids is 2. The molecule has 0 saturated heterocycles. The molecule has 0 aromatic heterocycles. The van der Waals surface area contributed by atoms with E-state index >= 15 is 0 Å². The number of phenolic OH excluding ortho intramolecular Hbond substituents is 1. The minimum absolute atomic E-state index is 0.00646. The number of halogens is 2. The molecule has 0 aliphatic heterocycles. The van der Waals surface area contributed by atoms with Gasteiger partial charge in [0.15, 0.2) is 11.6 Å². The molecule has 2 rings (SSSR count). The van der Waals surface area contributed by atoms with Crippen molar-refractivity contribution in [1.29, 1.82) is 0 Å². The van der Waals surface area contributed by atoms with Crippen LogP contribution >= 0.6 is 0 Å². The minimum Gasteiger partial charge on any atom is -0.506 e. The van der Waals surface area contributed by atoms with Crippen LogP contribution in [0.4, 0.5) is 19.3 Å². The summed E-state index contributed by atoms with van der Waals surface area (Å²) < 4.78 is 34.2. The number of nitrogens with one attached hydrogen (secondary N) is 1. The van der Waals surface area contributed by atoms with Crippen molar-refractivity contribution < 1.29 is 38.1 Å². The second-order valence-electron chi connectivity index (χ2n) is 8.63. The molecule has 8 nitrogen and oxygen atoms in total. The number of hydrogen-bond donors (Lipinski definition) is 3. The lowest BCUT2D eigenvalue weighted by molar-refractivity contribution is -0.104. The molecule has 0 radical (unpaired) electrons. The first kappa shape index (κ1) is 27.3. The van der Waals surface area contributed by atoms with Crippen molar-refractivity contribution in [3.63, 3.8) is 0 Å². The first-order valence-electron chi connectivity index (χ1n) is 10.7. The van der Waals surface area contributed by atoms with Gasteiger partial charge in [-0.2, -0.15) is 0 Å². The van der Waals surface area contributed by atoms with E-state index in [1.165, 1.54) is 23.1 Å². The fraction of sp³-hybridized carbons (Fsp3) is 0.320. The summed E-state index contributed by atoms with van der Waals surface area (Å²) in [6, 6.07) is 5.12. The number of carboxylic acid groups (broad SMARTS) is 1. The van der Waals surface area contributed by atoms with Crippen LogP contribution in [0.2, 0.25) is 0 Å². The number of aldehydes is 1. The van der Waals surface area contributed by atoms with Gasteiger partial charge in [0, 0.05) is 24.7 Å². The van der Waals surface area contributed by atoms with Gasteiger partial charge in [-0.25, -0.2) is 18.4 Å². The maximum absolute atomic E-state index is 14.6. The number of carbonyl (C=O) groups is 3. The third kappa shape index (κ3) is 7.02. The second-order valence-corrected chi connectivity index (χ2v) is 8.63. The standard InChI is InChI=1S/C25H28F2N2O6/c1-25(2,3)35-24(34)29(14-16-7-9-18(23(32)33)21(27)20(16)26)12-11-15-8-10-19(31)22(28-4)17(15)6-5-13-30/h5-10,13,28,31H,11-12,14H2,1-4H3,(H,32,33)/b6-5-. The zero-order valence-electron chi connectivity index (χ0n) is 19.9. The number of hydrogen-bond acceptors (Lipinski definition) is 6. The van der Waals surface area contributed by atoms with Crippen LogP contribution < -0.4 is 5.32 Å². The second kappa shape index (κ2) is 11.5. The van der Waals surface area contributed by atoms with Crippen LogP contribution in [-0.2, 0) is 22.5 Å². The van der Waals surface area contributed by atoms with E-state index in [1.54, 1.807) is 33.9 Å². The van der Waals surface area contributed by atoms with Gasteiger partial charge >= 0.3 is 12.1 Å². The molecular formula is C25H28F2N2O6. The van der Waals surface area contributed by atoms with Gasteiger partial charge in [0.1, 0.15) is 17.6 Å². The summed E-state index contributed by atoms with van der Waals surface area (Å²) in [6.07, 6.45) is 2.78. The van der Waals surface area contributed by atoms with Gasteiger partial charge in [-0.15, -0.1) is 0 Å². The van der Waals surface area contributed by atoms with E-state index in [4.69, 9.17) is 9.84 Å². The smallest absolute Gasteiger partial charge is 0.410 e. The molecule has 35 heavy (non-hydrogen) atoms. The Hall–Kier alpha value is -3.95. The van der Waals surface area contributed by atoms with E-state index in [1.807, 2.05) is 0 Å². The van der Waals surface area contributed by atoms with Crippen molar-refractivity contribution >= 4 is 30.1 Å². The van der Waals surface area contributed by atoms with Crippen molar-refractivity contribution in [2.45, 2.75) is 39.3 Å². The van der Waals surface area contributed by atoms with Crippen LogP contribution in [0.3, 0.4) is 0 Å². The largest absolute Gasteiger partial charge is 0.506 e. The van der Waals surface area contributed by atoms with Crippen LogP contribution in [0.1, 0.15) is 47.8 Å². The van der Waals surface area contributed by atoms with Crippen LogP contribution in [0.15, 0.2) is 30.3 Å². The average molecular weight is 491 g/mol. The summed E-state index contributed by atoms with van der Waals surface area (Å²) in [5.74, 6) is -4.53. The molecule has 2 aromatic carbocycles. The highest BCUT2D eigenvalue weighted by atomic mass is 19.2. The molecule has 2 aromatic rings. The van der Waals surface area contributed by atoms with E-state index in [9.17, 15) is 28.3 Å². The lowest BCUT2D eigenvalue weighted by Gasteiger charge is -2.28. The quantitative estimate of drug-likeness (QED) is 0.267. The maximum Gasteiger partial charge on any atom is 0.410 e. The average Bonchev–Trinajstić information content (AvgIpc) is 2.77. The van der Waals surface area contributed by atoms with Crippen molar-refractivity contribution in [2.24, 2.45) is 0 Å². The first-order valence-corrected chi connectivity index (χ1v) is 10.7. The van der Waals surface area contributed by atoms with Gasteiger partial charge < -0.3 is 25.2 Å². The molecule has 0 bridgehead atoms. The maximum atomic E-state index is 14.6. The van der Waals surface area contributed by atoms with E-state index in [0.29, 0.717) is 23.1 Å². The number of rotatable bonds is 9. The van der Waals surface area contributed by atoms with Crippen molar-refractivity contribution in [3.8, 4) is 5.75 Å². The molecule has 1 amide bonds. The Bertz CT molecular complexity index is 1140. The van der Waals surface area contributed by atoms with E-state index in [0.717, 1.165) is 12.1 Å². The summed E-state index contributed by atoms with van der Waals surface area (Å²) in [5, 5.41) is 22.0. The molecule has 0 saturated carbocycles. The highest BCUT2D eigenvalue weighted by Crippen LogP contribution is 2.31. The van der Waals surface area contributed by atoms with Gasteiger partial charge in [-0.3, -0.25) is 4.79 Å². The Kier molecular flexibility index (Phi) is 8.93. The van der Waals surface area contributed by atoms with Gasteiger partial charge in [-0.1, -0.05) is 12.1 Å². The number of ether oxygens (including phenoxy) is 1.